The Hall–Kier alpha value is -3.20. The molecule has 0 spiro atoms. The van der Waals surface area contributed by atoms with Gasteiger partial charge in [-0.1, -0.05) is 6.07 Å². The monoisotopic (exact) mass is 438 g/mol. The van der Waals surface area contributed by atoms with Crippen LogP contribution in [-0.4, -0.2) is 56.4 Å². The summed E-state index contributed by atoms with van der Waals surface area (Å²) in [5.74, 6) is 0.539. The zero-order valence-corrected chi connectivity index (χ0v) is 18.0. The third-order valence-corrected chi connectivity index (χ3v) is 6.43. The van der Waals surface area contributed by atoms with Crippen LogP contribution in [0.1, 0.15) is 42.9 Å². The molecule has 0 unspecified atom stereocenters. The lowest BCUT2D eigenvalue weighted by Gasteiger charge is -2.30. The fraction of sp³-hybridized carbons (Fsp3) is 0.435. The maximum atomic E-state index is 13.9. The van der Waals surface area contributed by atoms with Crippen molar-refractivity contribution in [3.8, 4) is 0 Å². The number of carbonyl (C=O) groups is 1. The van der Waals surface area contributed by atoms with Gasteiger partial charge in [0.2, 0.25) is 0 Å². The van der Waals surface area contributed by atoms with Gasteiger partial charge < -0.3 is 20.2 Å². The van der Waals surface area contributed by atoms with E-state index >= 15 is 0 Å². The number of hydrogen-bond donors (Lipinski definition) is 2. The summed E-state index contributed by atoms with van der Waals surface area (Å²) in [6, 6.07) is 6.62. The summed E-state index contributed by atoms with van der Waals surface area (Å²) in [5.41, 5.74) is 3.12. The van der Waals surface area contributed by atoms with Crippen molar-refractivity contribution in [2.24, 2.45) is 0 Å². The van der Waals surface area contributed by atoms with Gasteiger partial charge in [-0.2, -0.15) is 5.10 Å². The van der Waals surface area contributed by atoms with Crippen LogP contribution in [0.2, 0.25) is 0 Å². The molecule has 0 bridgehead atoms. The third-order valence-electron chi connectivity index (χ3n) is 6.43. The normalized spacial score (nSPS) is 21.3. The molecule has 0 radical (unpaired) electrons. The van der Waals surface area contributed by atoms with Crippen LogP contribution in [0.15, 0.2) is 36.7 Å². The molecule has 3 aromatic rings. The van der Waals surface area contributed by atoms with Crippen LogP contribution in [0.3, 0.4) is 0 Å². The van der Waals surface area contributed by atoms with Gasteiger partial charge in [0.25, 0.3) is 0 Å². The van der Waals surface area contributed by atoms with E-state index in [1.54, 1.807) is 21.7 Å². The first kappa shape index (κ1) is 20.7. The number of aliphatic hydroxyl groups excluding tert-OH is 1. The molecular formula is C23H27FN6O2. The molecule has 2 atom stereocenters. The number of aliphatic hydroxyl groups is 1. The van der Waals surface area contributed by atoms with Crippen molar-refractivity contribution in [1.29, 1.82) is 0 Å². The van der Waals surface area contributed by atoms with Crippen molar-refractivity contribution in [3.05, 3.63) is 53.6 Å². The highest BCUT2D eigenvalue weighted by molar-refractivity contribution is 5.93. The van der Waals surface area contributed by atoms with E-state index in [-0.39, 0.29) is 17.9 Å². The van der Waals surface area contributed by atoms with Crippen molar-refractivity contribution < 1.29 is 14.3 Å². The van der Waals surface area contributed by atoms with Gasteiger partial charge in [0.1, 0.15) is 17.3 Å². The highest BCUT2D eigenvalue weighted by Gasteiger charge is 2.29. The molecule has 32 heavy (non-hydrogen) atoms. The molecule has 168 valence electrons. The standard InChI is InChI=1S/C23H27FN6O2/c1-15-6-7-16(24)12-18(15)20-5-3-10-29(20)21-8-11-30-22(27-21)19(13-25-30)26-23(32)28-9-2-4-17(31)14-28/h6-8,11-13,17,20,31H,2-5,9-10,14H2,1H3,(H,26,32)/t17-,20+/m0/s1. The van der Waals surface area contributed by atoms with Gasteiger partial charge >= 0.3 is 6.03 Å². The average Bonchev–Trinajstić information content (AvgIpc) is 3.42. The molecule has 1 aromatic carbocycles. The van der Waals surface area contributed by atoms with Gasteiger partial charge in [-0.25, -0.2) is 18.7 Å². The van der Waals surface area contributed by atoms with Crippen LogP contribution in [0.4, 0.5) is 20.7 Å². The Bertz CT molecular complexity index is 1150. The minimum atomic E-state index is -0.485. The Kier molecular flexibility index (Phi) is 5.42. The van der Waals surface area contributed by atoms with Crippen molar-refractivity contribution in [1.82, 2.24) is 19.5 Å². The molecule has 2 saturated heterocycles. The van der Waals surface area contributed by atoms with Gasteiger partial charge in [-0.15, -0.1) is 0 Å². The zero-order valence-electron chi connectivity index (χ0n) is 18.0. The number of aryl methyl sites for hydroxylation is 1. The number of aromatic nitrogens is 3. The molecule has 2 amide bonds. The lowest BCUT2D eigenvalue weighted by Crippen LogP contribution is -2.44. The lowest BCUT2D eigenvalue weighted by molar-refractivity contribution is 0.0883. The number of nitrogens with one attached hydrogen (secondary N) is 1. The highest BCUT2D eigenvalue weighted by atomic mass is 19.1. The van der Waals surface area contributed by atoms with Crippen molar-refractivity contribution in [3.63, 3.8) is 0 Å². The van der Waals surface area contributed by atoms with Crippen LogP contribution in [0.5, 0.6) is 0 Å². The first-order valence-corrected chi connectivity index (χ1v) is 11.1. The first-order valence-electron chi connectivity index (χ1n) is 11.1. The van der Waals surface area contributed by atoms with Gasteiger partial charge in [0, 0.05) is 25.8 Å². The van der Waals surface area contributed by atoms with E-state index in [2.05, 4.69) is 15.3 Å². The number of piperidine rings is 1. The van der Waals surface area contributed by atoms with Crippen LogP contribution in [0, 0.1) is 12.7 Å². The van der Waals surface area contributed by atoms with Crippen LogP contribution >= 0.6 is 0 Å². The highest BCUT2D eigenvalue weighted by Crippen LogP contribution is 2.37. The Morgan fingerprint density at radius 3 is 2.91 bits per heavy atom. The molecule has 9 heteroatoms. The first-order chi connectivity index (χ1) is 15.5. The van der Waals surface area contributed by atoms with Gasteiger partial charge in [-0.3, -0.25) is 0 Å². The molecule has 2 aliphatic heterocycles. The SMILES string of the molecule is Cc1ccc(F)cc1[C@H]1CCCN1c1ccn2ncc(NC(=O)N3CCC[C@H](O)C3)c2n1. The summed E-state index contributed by atoms with van der Waals surface area (Å²) in [6.45, 7) is 3.77. The number of β-amino-alcohol motifs (C(OH)–C–C–N with tert-alkyl or cyclic N) is 1. The number of rotatable bonds is 3. The molecule has 2 N–H and O–H groups in total. The molecule has 5 rings (SSSR count). The number of fused-ring (bicyclic) bond motifs is 1. The summed E-state index contributed by atoms with van der Waals surface area (Å²) >= 11 is 0. The number of nitrogens with zero attached hydrogens (tertiary/aromatic N) is 5. The molecule has 2 aromatic heterocycles. The Morgan fingerprint density at radius 1 is 1.22 bits per heavy atom. The van der Waals surface area contributed by atoms with Gasteiger partial charge in [-0.05, 0) is 61.9 Å². The minimum absolute atomic E-state index is 0.0523. The van der Waals surface area contributed by atoms with E-state index in [1.807, 2.05) is 25.3 Å². The second-order valence-corrected chi connectivity index (χ2v) is 8.64. The van der Waals surface area contributed by atoms with Crippen LogP contribution in [0.25, 0.3) is 5.65 Å². The molecule has 8 nitrogen and oxygen atoms in total. The lowest BCUT2D eigenvalue weighted by atomic mass is 9.99. The topological polar surface area (TPSA) is 86.0 Å². The van der Waals surface area contributed by atoms with Gasteiger partial charge in [0.05, 0.1) is 18.3 Å². The largest absolute Gasteiger partial charge is 0.391 e. The number of anilines is 2. The van der Waals surface area contributed by atoms with Crippen molar-refractivity contribution >= 4 is 23.2 Å². The second kappa shape index (κ2) is 8.38. The molecule has 2 aliphatic rings. The van der Waals surface area contributed by atoms with Crippen LogP contribution < -0.4 is 10.2 Å². The summed E-state index contributed by atoms with van der Waals surface area (Å²) in [7, 11) is 0. The predicted molar refractivity (Wildman–Crippen MR) is 119 cm³/mol. The van der Waals surface area contributed by atoms with Gasteiger partial charge in [0.15, 0.2) is 5.65 Å². The molecule has 4 heterocycles. The number of benzene rings is 1. The predicted octanol–water partition coefficient (Wildman–Crippen LogP) is 3.51. The van der Waals surface area contributed by atoms with E-state index in [9.17, 15) is 14.3 Å². The number of halogens is 1. The zero-order chi connectivity index (χ0) is 22.2. The maximum Gasteiger partial charge on any atom is 0.322 e. The smallest absolute Gasteiger partial charge is 0.322 e. The van der Waals surface area contributed by atoms with E-state index in [0.29, 0.717) is 30.8 Å². The van der Waals surface area contributed by atoms with E-state index in [0.717, 1.165) is 42.8 Å². The summed E-state index contributed by atoms with van der Waals surface area (Å²) in [5, 5.41) is 17.1. The maximum absolute atomic E-state index is 13.9. The average molecular weight is 439 g/mol. The van der Waals surface area contributed by atoms with E-state index in [1.165, 1.54) is 6.07 Å². The number of amides is 2. The fourth-order valence-electron chi connectivity index (χ4n) is 4.78. The summed E-state index contributed by atoms with van der Waals surface area (Å²) in [6.07, 6.45) is 6.34. The molecule has 2 fully saturated rings. The fourth-order valence-corrected chi connectivity index (χ4v) is 4.78. The summed E-state index contributed by atoms with van der Waals surface area (Å²) in [4.78, 5) is 21.3. The quantitative estimate of drug-likeness (QED) is 0.654. The van der Waals surface area contributed by atoms with E-state index < -0.39 is 6.10 Å². The minimum Gasteiger partial charge on any atom is -0.391 e. The summed E-state index contributed by atoms with van der Waals surface area (Å²) < 4.78 is 15.6. The molecule has 0 saturated carbocycles. The second-order valence-electron chi connectivity index (χ2n) is 8.64. The number of likely N-dealkylation sites (tertiary alicyclic amines) is 1. The Morgan fingerprint density at radius 2 is 2.06 bits per heavy atom. The number of carbonyl (C=O) groups excluding carboxylic acids is 1. The van der Waals surface area contributed by atoms with E-state index in [4.69, 9.17) is 4.98 Å². The molecule has 0 aliphatic carbocycles. The van der Waals surface area contributed by atoms with Crippen LogP contribution in [-0.2, 0) is 0 Å². The molecular weight excluding hydrogens is 411 g/mol. The Balaban J connectivity index is 1.42. The van der Waals surface area contributed by atoms with Crippen molar-refractivity contribution in [2.45, 2.75) is 44.8 Å². The number of urea groups is 1. The van der Waals surface area contributed by atoms with Crippen molar-refractivity contribution in [2.75, 3.05) is 29.9 Å². The number of hydrogen-bond acceptors (Lipinski definition) is 5. The Labute approximate surface area is 185 Å². The third kappa shape index (κ3) is 3.88.